The van der Waals surface area contributed by atoms with Crippen molar-refractivity contribution in [3.8, 4) is 0 Å². The normalized spacial score (nSPS) is 12.3. The lowest BCUT2D eigenvalue weighted by molar-refractivity contribution is 0.0953. The van der Waals surface area contributed by atoms with Crippen LogP contribution in [0.25, 0.3) is 0 Å². The van der Waals surface area contributed by atoms with E-state index in [4.69, 9.17) is 4.42 Å². The topological polar surface area (TPSA) is 62.5 Å². The smallest absolute Gasteiger partial charge is 0.199 e. The number of Topliss-reactive ketones (excluding diaryl/α,β-unsaturated/α-hetero) is 1. The van der Waals surface area contributed by atoms with Gasteiger partial charge in [-0.3, -0.25) is 4.79 Å². The SMILES string of the molecule is Cc1cc(C(=O)CCNC(CCO)c2ccccc2)oc1C. The summed E-state index contributed by atoms with van der Waals surface area (Å²) < 4.78 is 5.45. The van der Waals surface area contributed by atoms with Gasteiger partial charge >= 0.3 is 0 Å². The number of hydrogen-bond acceptors (Lipinski definition) is 4. The van der Waals surface area contributed by atoms with Crippen molar-refractivity contribution in [2.45, 2.75) is 32.7 Å². The zero-order valence-corrected chi connectivity index (χ0v) is 13.1. The predicted molar refractivity (Wildman–Crippen MR) is 86.0 cm³/mol. The standard InChI is InChI=1S/C18H23NO3/c1-13-12-18(22-14(13)2)17(21)8-10-19-16(9-11-20)15-6-4-3-5-7-15/h3-7,12,16,19-20H,8-11H2,1-2H3. The van der Waals surface area contributed by atoms with Crippen LogP contribution in [0.4, 0.5) is 0 Å². The summed E-state index contributed by atoms with van der Waals surface area (Å²) in [5.74, 6) is 1.22. The van der Waals surface area contributed by atoms with Gasteiger partial charge in [0.25, 0.3) is 0 Å². The molecule has 1 aromatic carbocycles. The summed E-state index contributed by atoms with van der Waals surface area (Å²) in [5.41, 5.74) is 2.12. The summed E-state index contributed by atoms with van der Waals surface area (Å²) in [5, 5.41) is 12.5. The Morgan fingerprint density at radius 1 is 1.27 bits per heavy atom. The van der Waals surface area contributed by atoms with Crippen molar-refractivity contribution in [2.75, 3.05) is 13.2 Å². The molecule has 0 amide bonds. The van der Waals surface area contributed by atoms with Crippen LogP contribution in [0.3, 0.4) is 0 Å². The Morgan fingerprint density at radius 3 is 2.59 bits per heavy atom. The van der Waals surface area contributed by atoms with Crippen molar-refractivity contribution in [1.29, 1.82) is 0 Å². The molecule has 0 fully saturated rings. The van der Waals surface area contributed by atoms with E-state index in [1.54, 1.807) is 6.07 Å². The van der Waals surface area contributed by atoms with E-state index in [0.29, 0.717) is 25.1 Å². The maximum atomic E-state index is 12.1. The summed E-state index contributed by atoms with van der Waals surface area (Å²) >= 11 is 0. The van der Waals surface area contributed by atoms with Crippen LogP contribution >= 0.6 is 0 Å². The molecule has 2 aromatic rings. The van der Waals surface area contributed by atoms with Crippen molar-refractivity contribution < 1.29 is 14.3 Å². The van der Waals surface area contributed by atoms with E-state index in [1.165, 1.54) is 0 Å². The summed E-state index contributed by atoms with van der Waals surface area (Å²) in [6.07, 6.45) is 0.998. The molecule has 0 bridgehead atoms. The van der Waals surface area contributed by atoms with Crippen LogP contribution in [-0.4, -0.2) is 24.0 Å². The number of carbonyl (C=O) groups is 1. The van der Waals surface area contributed by atoms with Gasteiger partial charge in [0.05, 0.1) is 0 Å². The quantitative estimate of drug-likeness (QED) is 0.735. The second-order valence-electron chi connectivity index (χ2n) is 5.45. The van der Waals surface area contributed by atoms with Crippen LogP contribution in [0.1, 0.15) is 46.3 Å². The zero-order chi connectivity index (χ0) is 15.9. The second kappa shape index (κ2) is 7.92. The van der Waals surface area contributed by atoms with E-state index in [1.807, 2.05) is 44.2 Å². The number of aliphatic hydroxyl groups is 1. The van der Waals surface area contributed by atoms with Gasteiger partial charge < -0.3 is 14.8 Å². The lowest BCUT2D eigenvalue weighted by Gasteiger charge is -2.17. The van der Waals surface area contributed by atoms with Gasteiger partial charge in [0.15, 0.2) is 11.5 Å². The van der Waals surface area contributed by atoms with Crippen LogP contribution in [0.15, 0.2) is 40.8 Å². The van der Waals surface area contributed by atoms with Crippen LogP contribution in [0.2, 0.25) is 0 Å². The van der Waals surface area contributed by atoms with Gasteiger partial charge in [-0.25, -0.2) is 0 Å². The second-order valence-corrected chi connectivity index (χ2v) is 5.45. The molecule has 1 aromatic heterocycles. The Hall–Kier alpha value is -1.91. The molecule has 0 radical (unpaired) electrons. The fraction of sp³-hybridized carbons (Fsp3) is 0.389. The Bertz CT molecular complexity index is 585. The summed E-state index contributed by atoms with van der Waals surface area (Å²) in [7, 11) is 0. The molecule has 4 nitrogen and oxygen atoms in total. The first-order chi connectivity index (χ1) is 10.6. The number of carbonyl (C=O) groups excluding carboxylic acids is 1. The number of furan rings is 1. The minimum Gasteiger partial charge on any atom is -0.458 e. The number of hydrogen-bond donors (Lipinski definition) is 2. The first-order valence-electron chi connectivity index (χ1n) is 7.61. The van der Waals surface area contributed by atoms with Crippen LogP contribution < -0.4 is 5.32 Å². The molecule has 2 N–H and O–H groups in total. The van der Waals surface area contributed by atoms with Crippen molar-refractivity contribution in [2.24, 2.45) is 0 Å². The Balaban J connectivity index is 1.89. The molecule has 4 heteroatoms. The molecule has 0 saturated carbocycles. The van der Waals surface area contributed by atoms with Crippen molar-refractivity contribution >= 4 is 5.78 Å². The van der Waals surface area contributed by atoms with Gasteiger partial charge in [0.1, 0.15) is 5.76 Å². The fourth-order valence-corrected chi connectivity index (χ4v) is 2.39. The average Bonchev–Trinajstić information content (AvgIpc) is 2.87. The number of nitrogens with one attached hydrogen (secondary N) is 1. The lowest BCUT2D eigenvalue weighted by Crippen LogP contribution is -2.25. The summed E-state index contributed by atoms with van der Waals surface area (Å²) in [6, 6.07) is 11.8. The van der Waals surface area contributed by atoms with Crippen molar-refractivity contribution in [1.82, 2.24) is 5.32 Å². The number of benzene rings is 1. The highest BCUT2D eigenvalue weighted by molar-refractivity contribution is 5.93. The van der Waals surface area contributed by atoms with Crippen molar-refractivity contribution in [3.05, 3.63) is 59.0 Å². The van der Waals surface area contributed by atoms with Crippen LogP contribution in [-0.2, 0) is 0 Å². The number of ketones is 1. The molecule has 0 aliphatic rings. The molecule has 1 unspecified atom stereocenters. The molecule has 2 rings (SSSR count). The molecule has 0 aliphatic heterocycles. The Labute approximate surface area is 131 Å². The molecular weight excluding hydrogens is 278 g/mol. The van der Waals surface area contributed by atoms with Gasteiger partial charge in [0, 0.05) is 25.6 Å². The van der Waals surface area contributed by atoms with E-state index in [9.17, 15) is 9.90 Å². The minimum atomic E-state index is -0.000454. The zero-order valence-electron chi connectivity index (χ0n) is 13.1. The fourth-order valence-electron chi connectivity index (χ4n) is 2.39. The maximum Gasteiger partial charge on any atom is 0.199 e. The Kier molecular flexibility index (Phi) is 5.92. The molecule has 1 heterocycles. The third kappa shape index (κ3) is 4.29. The van der Waals surface area contributed by atoms with E-state index in [-0.39, 0.29) is 18.4 Å². The number of aliphatic hydroxyl groups excluding tert-OH is 1. The highest BCUT2D eigenvalue weighted by atomic mass is 16.3. The highest BCUT2D eigenvalue weighted by Gasteiger charge is 2.14. The first kappa shape index (κ1) is 16.5. The van der Waals surface area contributed by atoms with Gasteiger partial charge in [-0.15, -0.1) is 0 Å². The number of rotatable bonds is 8. The summed E-state index contributed by atoms with van der Waals surface area (Å²) in [4.78, 5) is 12.1. The van der Waals surface area contributed by atoms with Gasteiger partial charge in [-0.1, -0.05) is 30.3 Å². The molecule has 0 aliphatic carbocycles. The highest BCUT2D eigenvalue weighted by Crippen LogP contribution is 2.17. The van der Waals surface area contributed by atoms with Gasteiger partial charge in [-0.2, -0.15) is 0 Å². The molecule has 1 atom stereocenters. The third-order valence-corrected chi connectivity index (χ3v) is 3.80. The summed E-state index contributed by atoms with van der Waals surface area (Å²) in [6.45, 7) is 4.45. The van der Waals surface area contributed by atoms with E-state index in [0.717, 1.165) is 16.9 Å². The largest absolute Gasteiger partial charge is 0.458 e. The van der Waals surface area contributed by atoms with Gasteiger partial charge in [0.2, 0.25) is 0 Å². The minimum absolute atomic E-state index is 0.000454. The third-order valence-electron chi connectivity index (χ3n) is 3.80. The monoisotopic (exact) mass is 301 g/mol. The van der Waals surface area contributed by atoms with Crippen LogP contribution in [0, 0.1) is 13.8 Å². The maximum absolute atomic E-state index is 12.1. The van der Waals surface area contributed by atoms with Crippen LogP contribution in [0.5, 0.6) is 0 Å². The predicted octanol–water partition coefficient (Wildman–Crippen LogP) is 3.18. The molecule has 22 heavy (non-hydrogen) atoms. The van der Waals surface area contributed by atoms with E-state index < -0.39 is 0 Å². The lowest BCUT2D eigenvalue weighted by atomic mass is 10.0. The first-order valence-corrected chi connectivity index (χ1v) is 7.61. The Morgan fingerprint density at radius 2 is 2.00 bits per heavy atom. The van der Waals surface area contributed by atoms with Gasteiger partial charge in [-0.05, 0) is 37.5 Å². The van der Waals surface area contributed by atoms with E-state index >= 15 is 0 Å². The molecule has 0 spiro atoms. The molecule has 0 saturated heterocycles. The van der Waals surface area contributed by atoms with Crippen molar-refractivity contribution in [3.63, 3.8) is 0 Å². The average molecular weight is 301 g/mol. The molecule has 118 valence electrons. The number of aryl methyl sites for hydroxylation is 2. The van der Waals surface area contributed by atoms with E-state index in [2.05, 4.69) is 5.32 Å². The molecular formula is C18H23NO3.